The van der Waals surface area contributed by atoms with Crippen molar-refractivity contribution in [1.82, 2.24) is 20.5 Å². The highest BCUT2D eigenvalue weighted by Gasteiger charge is 2.61. The van der Waals surface area contributed by atoms with Crippen molar-refractivity contribution in [1.29, 1.82) is 0 Å². The van der Waals surface area contributed by atoms with Crippen molar-refractivity contribution in [2.75, 3.05) is 13.3 Å². The van der Waals surface area contributed by atoms with E-state index in [2.05, 4.69) is 5.32 Å². The van der Waals surface area contributed by atoms with E-state index in [-0.39, 0.29) is 18.2 Å². The van der Waals surface area contributed by atoms with Crippen LogP contribution in [-0.2, 0) is 38.7 Å². The van der Waals surface area contributed by atoms with E-state index >= 15 is 0 Å². The number of amides is 2. The molecular weight excluding hydrogens is 516 g/mol. The molecule has 0 radical (unpaired) electrons. The molecule has 0 aromatic rings. The van der Waals surface area contributed by atoms with E-state index in [0.29, 0.717) is 4.91 Å². The van der Waals surface area contributed by atoms with Crippen LogP contribution in [0.25, 0.3) is 0 Å². The maximum absolute atomic E-state index is 13.1. The first-order valence-electron chi connectivity index (χ1n) is 11.3. The molecule has 36 heavy (non-hydrogen) atoms. The summed E-state index contributed by atoms with van der Waals surface area (Å²) in [5.41, 5.74) is 1.18. The monoisotopic (exact) mass is 548 g/mol. The minimum atomic E-state index is -3.98. The SMILES string of the molecule is CC(=O)NNS(=O)(=O)C1NCC1SC1=C(C(=O)OCOC(=O)C(C)(C)C)N2C(=O)[C@H]([C@@H](C)O)[C@H]2[C@H]1C. The first-order chi connectivity index (χ1) is 16.6. The standard InChI is InChI=1S/C21H32N4O9S2/c1-9-14-13(10(2)26)18(28)25(14)15(19(29)33-8-34-20(30)21(4,5)6)16(9)35-12-7-22-17(12)36(31,32)24-23-11(3)27/h9-10,12-14,17,22,24,26H,7-8H2,1-6H3,(H,23,27)/t9-,10-,12?,13-,14-,17?/m1/s1. The summed E-state index contributed by atoms with van der Waals surface area (Å²) in [4.78, 5) is 52.7. The molecule has 15 heteroatoms. The molecule has 3 aliphatic rings. The zero-order valence-corrected chi connectivity index (χ0v) is 22.5. The van der Waals surface area contributed by atoms with Crippen LogP contribution in [0.1, 0.15) is 41.5 Å². The number of thioether (sulfide) groups is 1. The van der Waals surface area contributed by atoms with E-state index in [1.54, 1.807) is 27.7 Å². The number of fused-ring (bicyclic) bond motifs is 1. The van der Waals surface area contributed by atoms with E-state index in [0.717, 1.165) is 18.7 Å². The number of esters is 2. The van der Waals surface area contributed by atoms with Crippen LogP contribution in [0, 0.1) is 17.3 Å². The fourth-order valence-corrected chi connectivity index (χ4v) is 7.39. The van der Waals surface area contributed by atoms with E-state index < -0.39 is 74.7 Å². The lowest BCUT2D eigenvalue weighted by atomic mass is 9.79. The van der Waals surface area contributed by atoms with Gasteiger partial charge in [-0.1, -0.05) is 6.92 Å². The number of hydrazine groups is 1. The number of nitrogens with one attached hydrogen (secondary N) is 3. The topological polar surface area (TPSA) is 180 Å². The fourth-order valence-electron chi connectivity index (χ4n) is 4.18. The quantitative estimate of drug-likeness (QED) is 0.122. The average Bonchev–Trinajstić information content (AvgIpc) is 2.96. The van der Waals surface area contributed by atoms with E-state index in [1.807, 2.05) is 10.3 Å². The van der Waals surface area contributed by atoms with Crippen molar-refractivity contribution in [2.45, 2.75) is 64.3 Å². The third kappa shape index (κ3) is 5.39. The van der Waals surface area contributed by atoms with Gasteiger partial charge in [-0.15, -0.1) is 16.6 Å². The molecule has 2 fully saturated rings. The number of β-lactam (4-membered cyclic amide) rings is 1. The van der Waals surface area contributed by atoms with Gasteiger partial charge in [0.1, 0.15) is 11.1 Å². The number of rotatable bonds is 9. The van der Waals surface area contributed by atoms with Crippen LogP contribution >= 0.6 is 11.8 Å². The summed E-state index contributed by atoms with van der Waals surface area (Å²) in [6, 6.07) is -0.500. The molecule has 13 nitrogen and oxygen atoms in total. The molecule has 0 bridgehead atoms. The van der Waals surface area contributed by atoms with Crippen LogP contribution in [0.3, 0.4) is 0 Å². The van der Waals surface area contributed by atoms with Gasteiger partial charge in [0.05, 0.1) is 28.7 Å². The van der Waals surface area contributed by atoms with E-state index in [1.165, 1.54) is 11.8 Å². The second-order valence-electron chi connectivity index (χ2n) is 10.0. The Labute approximate surface area is 213 Å². The van der Waals surface area contributed by atoms with Gasteiger partial charge >= 0.3 is 11.9 Å². The molecule has 2 unspecified atom stereocenters. The fraction of sp³-hybridized carbons (Fsp3) is 0.714. The number of carbonyl (C=O) groups is 4. The van der Waals surface area contributed by atoms with Crippen molar-refractivity contribution >= 4 is 45.5 Å². The number of nitrogens with zero attached hydrogens (tertiary/aromatic N) is 1. The Morgan fingerprint density at radius 3 is 2.42 bits per heavy atom. The van der Waals surface area contributed by atoms with Crippen LogP contribution in [0.5, 0.6) is 0 Å². The van der Waals surface area contributed by atoms with Gasteiger partial charge in [-0.05, 0) is 27.7 Å². The number of carbonyl (C=O) groups excluding carboxylic acids is 4. The summed E-state index contributed by atoms with van der Waals surface area (Å²) < 4.78 is 35.3. The summed E-state index contributed by atoms with van der Waals surface area (Å²) in [7, 11) is -3.98. The number of ether oxygens (including phenoxy) is 2. The lowest BCUT2D eigenvalue weighted by molar-refractivity contribution is -0.175. The van der Waals surface area contributed by atoms with E-state index in [4.69, 9.17) is 9.47 Å². The summed E-state index contributed by atoms with van der Waals surface area (Å²) in [5.74, 6) is -3.61. The van der Waals surface area contributed by atoms with Gasteiger partial charge in [0, 0.05) is 24.3 Å². The van der Waals surface area contributed by atoms with Gasteiger partial charge in [-0.25, -0.2) is 13.2 Å². The van der Waals surface area contributed by atoms with Crippen LogP contribution in [0.4, 0.5) is 0 Å². The van der Waals surface area contributed by atoms with Crippen LogP contribution in [0.15, 0.2) is 10.6 Å². The molecule has 2 saturated heterocycles. The molecule has 3 heterocycles. The van der Waals surface area contributed by atoms with Gasteiger partial charge in [-0.2, -0.15) is 0 Å². The number of hydrogen-bond donors (Lipinski definition) is 4. The number of hydrogen-bond acceptors (Lipinski definition) is 11. The Morgan fingerprint density at radius 1 is 1.28 bits per heavy atom. The first-order valence-corrected chi connectivity index (χ1v) is 13.8. The molecule has 6 atom stereocenters. The molecule has 3 aliphatic heterocycles. The second-order valence-corrected chi connectivity index (χ2v) is 13.1. The van der Waals surface area contributed by atoms with Crippen molar-refractivity contribution in [3.63, 3.8) is 0 Å². The second kappa shape index (κ2) is 10.3. The van der Waals surface area contributed by atoms with Crippen molar-refractivity contribution in [2.24, 2.45) is 17.3 Å². The molecule has 202 valence electrons. The Morgan fingerprint density at radius 2 is 1.92 bits per heavy atom. The molecule has 0 saturated carbocycles. The van der Waals surface area contributed by atoms with Gasteiger partial charge in [0.15, 0.2) is 0 Å². The Balaban J connectivity index is 1.82. The number of aliphatic hydroxyl groups is 1. The molecule has 0 aromatic carbocycles. The van der Waals surface area contributed by atoms with Gasteiger partial charge in [-0.3, -0.25) is 25.1 Å². The van der Waals surface area contributed by atoms with Gasteiger partial charge in [0.2, 0.25) is 28.6 Å². The smallest absolute Gasteiger partial charge is 0.358 e. The zero-order valence-electron chi connectivity index (χ0n) is 20.9. The molecular formula is C21H32N4O9S2. The third-order valence-electron chi connectivity index (χ3n) is 6.13. The highest BCUT2D eigenvalue weighted by atomic mass is 32.2. The molecule has 0 aliphatic carbocycles. The molecule has 4 N–H and O–H groups in total. The minimum Gasteiger partial charge on any atom is -0.427 e. The van der Waals surface area contributed by atoms with Crippen LogP contribution in [0.2, 0.25) is 0 Å². The molecule has 0 spiro atoms. The average molecular weight is 549 g/mol. The predicted molar refractivity (Wildman–Crippen MR) is 128 cm³/mol. The first kappa shape index (κ1) is 28.4. The molecule has 3 rings (SSSR count). The highest BCUT2D eigenvalue weighted by molar-refractivity contribution is 8.04. The highest BCUT2D eigenvalue weighted by Crippen LogP contribution is 2.52. The molecule has 0 aromatic heterocycles. The maximum Gasteiger partial charge on any atom is 0.358 e. The Kier molecular flexibility index (Phi) is 8.10. The largest absolute Gasteiger partial charge is 0.427 e. The lowest BCUT2D eigenvalue weighted by Crippen LogP contribution is -2.64. The molecule has 2 amide bonds. The summed E-state index contributed by atoms with van der Waals surface area (Å²) in [5, 5.41) is 11.3. The van der Waals surface area contributed by atoms with Gasteiger partial charge < -0.3 is 19.5 Å². The van der Waals surface area contributed by atoms with Crippen molar-refractivity contribution in [3.8, 4) is 0 Å². The number of aliphatic hydroxyl groups excluding tert-OH is 1. The third-order valence-corrected chi connectivity index (χ3v) is 9.42. The lowest BCUT2D eigenvalue weighted by Gasteiger charge is -2.46. The maximum atomic E-state index is 13.1. The van der Waals surface area contributed by atoms with Crippen LogP contribution < -0.4 is 15.6 Å². The van der Waals surface area contributed by atoms with Crippen LogP contribution in [-0.4, -0.2) is 78.3 Å². The van der Waals surface area contributed by atoms with Gasteiger partial charge in [0.25, 0.3) is 0 Å². The van der Waals surface area contributed by atoms with E-state index in [9.17, 15) is 32.7 Å². The normalized spacial score (nSPS) is 28.6. The zero-order chi connectivity index (χ0) is 27.2. The van der Waals surface area contributed by atoms with Crippen molar-refractivity contribution in [3.05, 3.63) is 10.6 Å². The van der Waals surface area contributed by atoms with Crippen molar-refractivity contribution < 1.29 is 42.2 Å². The summed E-state index contributed by atoms with van der Waals surface area (Å²) in [6.45, 7) is 9.00. The minimum absolute atomic E-state index is 0.0518. The Hall–Kier alpha value is -2.20. The summed E-state index contributed by atoms with van der Waals surface area (Å²) >= 11 is 1.12. The number of sulfonamides is 1. The predicted octanol–water partition coefficient (Wildman–Crippen LogP) is -0.853. The Bertz CT molecular complexity index is 1080. The summed E-state index contributed by atoms with van der Waals surface area (Å²) in [6.07, 6.45) is -0.948.